The highest BCUT2D eigenvalue weighted by Gasteiger charge is 2.27. The molecule has 1 aromatic carbocycles. The molecule has 3 nitrogen and oxygen atoms in total. The summed E-state index contributed by atoms with van der Waals surface area (Å²) in [6, 6.07) is 1.91. The van der Waals surface area contributed by atoms with E-state index >= 15 is 0 Å². The van der Waals surface area contributed by atoms with Crippen LogP contribution >= 0.6 is 27.7 Å². The molecule has 0 radical (unpaired) electrons. The summed E-state index contributed by atoms with van der Waals surface area (Å²) < 4.78 is 12.1. The topological polar surface area (TPSA) is 35.5 Å². The average molecular weight is 315 g/mol. The van der Waals surface area contributed by atoms with Crippen LogP contribution in [0.15, 0.2) is 10.5 Å². The van der Waals surface area contributed by atoms with Crippen molar-refractivity contribution >= 4 is 33.5 Å². The maximum atomic E-state index is 12.2. The molecule has 3 rings (SSSR count). The maximum absolute atomic E-state index is 12.2. The first-order valence-electron chi connectivity index (χ1n) is 5.49. The van der Waals surface area contributed by atoms with Gasteiger partial charge < -0.3 is 9.47 Å². The van der Waals surface area contributed by atoms with E-state index in [4.69, 9.17) is 9.47 Å². The number of hydrogen-bond donors (Lipinski definition) is 0. The van der Waals surface area contributed by atoms with Gasteiger partial charge in [-0.25, -0.2) is 0 Å². The first-order chi connectivity index (χ1) is 8.27. The molecule has 5 heteroatoms. The van der Waals surface area contributed by atoms with E-state index in [1.165, 1.54) is 0 Å². The van der Waals surface area contributed by atoms with Gasteiger partial charge in [0.2, 0.25) is 0 Å². The van der Waals surface area contributed by atoms with Crippen LogP contribution in [0.25, 0.3) is 0 Å². The highest BCUT2D eigenvalue weighted by atomic mass is 79.9. The molecule has 1 aromatic rings. The van der Waals surface area contributed by atoms with E-state index in [1.54, 1.807) is 11.8 Å². The Labute approximate surface area is 112 Å². The molecule has 0 fully saturated rings. The van der Waals surface area contributed by atoms with Crippen molar-refractivity contribution in [2.45, 2.75) is 12.2 Å². The molecule has 0 spiro atoms. The SMILES string of the molecule is O=C1CCSCc2c(Br)cc3c(c21)OCCO3. The number of halogens is 1. The molecule has 90 valence electrons. The van der Waals surface area contributed by atoms with Crippen molar-refractivity contribution < 1.29 is 14.3 Å². The van der Waals surface area contributed by atoms with Crippen LogP contribution in [0.1, 0.15) is 22.3 Å². The van der Waals surface area contributed by atoms with Gasteiger partial charge in [-0.1, -0.05) is 15.9 Å². The third kappa shape index (κ3) is 1.95. The lowest BCUT2D eigenvalue weighted by atomic mass is 10.0. The number of carbonyl (C=O) groups excluding carboxylic acids is 1. The Balaban J connectivity index is 2.23. The summed E-state index contributed by atoms with van der Waals surface area (Å²) in [4.78, 5) is 12.2. The average Bonchev–Trinajstić information content (AvgIpc) is 2.52. The zero-order valence-electron chi connectivity index (χ0n) is 9.12. The summed E-state index contributed by atoms with van der Waals surface area (Å²) in [5.41, 5.74) is 1.76. The Kier molecular flexibility index (Phi) is 3.04. The van der Waals surface area contributed by atoms with E-state index in [-0.39, 0.29) is 5.78 Å². The van der Waals surface area contributed by atoms with Gasteiger partial charge in [0.1, 0.15) is 13.2 Å². The van der Waals surface area contributed by atoms with Crippen LogP contribution < -0.4 is 9.47 Å². The Morgan fingerprint density at radius 1 is 1.29 bits per heavy atom. The van der Waals surface area contributed by atoms with Crippen molar-refractivity contribution in [1.82, 2.24) is 0 Å². The fraction of sp³-hybridized carbons (Fsp3) is 0.417. The summed E-state index contributed by atoms with van der Waals surface area (Å²) in [6.07, 6.45) is 0.573. The van der Waals surface area contributed by atoms with Gasteiger partial charge in [0.05, 0.1) is 5.56 Å². The van der Waals surface area contributed by atoms with E-state index in [0.29, 0.717) is 31.1 Å². The second kappa shape index (κ2) is 4.53. The molecule has 2 aliphatic heterocycles. The Bertz CT molecular complexity index is 487. The fourth-order valence-corrected chi connectivity index (χ4v) is 3.80. The molecule has 2 heterocycles. The summed E-state index contributed by atoms with van der Waals surface area (Å²) >= 11 is 5.30. The highest BCUT2D eigenvalue weighted by Crippen LogP contribution is 2.43. The van der Waals surface area contributed by atoms with Crippen molar-refractivity contribution in [2.24, 2.45) is 0 Å². The third-order valence-corrected chi connectivity index (χ3v) is 4.58. The van der Waals surface area contributed by atoms with Gasteiger partial charge in [-0.3, -0.25) is 4.79 Å². The normalized spacial score (nSPS) is 18.5. The van der Waals surface area contributed by atoms with Gasteiger partial charge in [0.25, 0.3) is 0 Å². The van der Waals surface area contributed by atoms with E-state index in [9.17, 15) is 4.79 Å². The molecule has 0 amide bonds. The van der Waals surface area contributed by atoms with Crippen molar-refractivity contribution in [2.75, 3.05) is 19.0 Å². The van der Waals surface area contributed by atoms with Gasteiger partial charge >= 0.3 is 0 Å². The van der Waals surface area contributed by atoms with E-state index in [1.807, 2.05) is 6.07 Å². The van der Waals surface area contributed by atoms with Crippen molar-refractivity contribution in [3.8, 4) is 11.5 Å². The lowest BCUT2D eigenvalue weighted by Crippen LogP contribution is -2.19. The largest absolute Gasteiger partial charge is 0.486 e. The van der Waals surface area contributed by atoms with Crippen molar-refractivity contribution in [3.05, 3.63) is 21.7 Å². The number of fused-ring (bicyclic) bond motifs is 3. The Morgan fingerprint density at radius 2 is 2.12 bits per heavy atom. The molecule has 0 saturated carbocycles. The monoisotopic (exact) mass is 314 g/mol. The van der Waals surface area contributed by atoms with Gasteiger partial charge in [-0.15, -0.1) is 0 Å². The minimum Gasteiger partial charge on any atom is -0.486 e. The molecule has 17 heavy (non-hydrogen) atoms. The van der Waals surface area contributed by atoms with Gasteiger partial charge in [-0.05, 0) is 11.6 Å². The molecular formula is C12H11BrO3S. The van der Waals surface area contributed by atoms with Gasteiger partial charge in [-0.2, -0.15) is 11.8 Å². The number of rotatable bonds is 0. The lowest BCUT2D eigenvalue weighted by Gasteiger charge is -2.22. The van der Waals surface area contributed by atoms with E-state index in [2.05, 4.69) is 15.9 Å². The van der Waals surface area contributed by atoms with Crippen LogP contribution in [0.4, 0.5) is 0 Å². The number of Topliss-reactive ketones (excluding diaryl/α,β-unsaturated/α-hetero) is 1. The minimum atomic E-state index is 0.160. The number of thioether (sulfide) groups is 1. The van der Waals surface area contributed by atoms with Crippen LogP contribution in [-0.4, -0.2) is 24.7 Å². The van der Waals surface area contributed by atoms with Crippen molar-refractivity contribution in [1.29, 1.82) is 0 Å². The quantitative estimate of drug-likeness (QED) is 0.737. The van der Waals surface area contributed by atoms with E-state index in [0.717, 1.165) is 27.1 Å². The van der Waals surface area contributed by atoms with Gasteiger partial charge in [0, 0.05) is 22.4 Å². The molecule has 0 aliphatic carbocycles. The predicted molar refractivity (Wildman–Crippen MR) is 70.2 cm³/mol. The summed E-state index contributed by atoms with van der Waals surface area (Å²) in [5.74, 6) is 3.20. The number of ether oxygens (including phenoxy) is 2. The lowest BCUT2D eigenvalue weighted by molar-refractivity contribution is 0.0978. The number of benzene rings is 1. The predicted octanol–water partition coefficient (Wildman–Crippen LogP) is 3.04. The van der Waals surface area contributed by atoms with Crippen LogP contribution in [-0.2, 0) is 5.75 Å². The standard InChI is InChI=1S/C12H11BrO3S/c13-8-5-10-12(16-3-2-15-10)11-7(8)6-17-4-1-9(11)14/h5H,1-4,6H2. The molecular weight excluding hydrogens is 304 g/mol. The zero-order valence-corrected chi connectivity index (χ0v) is 11.5. The summed E-state index contributed by atoms with van der Waals surface area (Å²) in [6.45, 7) is 1.06. The van der Waals surface area contributed by atoms with Crippen LogP contribution in [0.5, 0.6) is 11.5 Å². The van der Waals surface area contributed by atoms with E-state index < -0.39 is 0 Å². The summed E-state index contributed by atoms with van der Waals surface area (Å²) in [7, 11) is 0. The fourth-order valence-electron chi connectivity index (χ4n) is 2.09. The summed E-state index contributed by atoms with van der Waals surface area (Å²) in [5, 5.41) is 0. The number of hydrogen-bond acceptors (Lipinski definition) is 4. The molecule has 0 N–H and O–H groups in total. The minimum absolute atomic E-state index is 0.160. The maximum Gasteiger partial charge on any atom is 0.172 e. The number of carbonyl (C=O) groups is 1. The molecule has 0 unspecified atom stereocenters. The molecule has 0 bridgehead atoms. The van der Waals surface area contributed by atoms with Crippen LogP contribution in [0.2, 0.25) is 0 Å². The molecule has 2 aliphatic rings. The van der Waals surface area contributed by atoms with Crippen LogP contribution in [0.3, 0.4) is 0 Å². The van der Waals surface area contributed by atoms with Gasteiger partial charge in [0.15, 0.2) is 17.3 Å². The highest BCUT2D eigenvalue weighted by molar-refractivity contribution is 9.10. The molecule has 0 atom stereocenters. The zero-order chi connectivity index (χ0) is 11.8. The number of ketones is 1. The third-order valence-electron chi connectivity index (χ3n) is 2.88. The van der Waals surface area contributed by atoms with Crippen LogP contribution in [0, 0.1) is 0 Å². The second-order valence-electron chi connectivity index (χ2n) is 3.96. The molecule has 0 saturated heterocycles. The Hall–Kier alpha value is -0.680. The first kappa shape index (κ1) is 11.4. The Morgan fingerprint density at radius 3 is 3.00 bits per heavy atom. The smallest absolute Gasteiger partial charge is 0.172 e. The molecule has 0 aromatic heterocycles. The van der Waals surface area contributed by atoms with Crippen molar-refractivity contribution in [3.63, 3.8) is 0 Å². The first-order valence-corrected chi connectivity index (χ1v) is 7.44. The second-order valence-corrected chi connectivity index (χ2v) is 5.92.